The Bertz CT molecular complexity index is 72.7. The van der Waals surface area contributed by atoms with E-state index in [2.05, 4.69) is 0 Å². The van der Waals surface area contributed by atoms with Gasteiger partial charge in [0.15, 0.2) is 0 Å². The molecule has 0 aliphatic rings. The lowest BCUT2D eigenvalue weighted by atomic mass is 10.6. The highest BCUT2D eigenvalue weighted by molar-refractivity contribution is 4.80. The normalized spacial score (nSPS) is 13.1. The molecule has 0 aromatic rings. The van der Waals surface area contributed by atoms with Gasteiger partial charge in [0.2, 0.25) is 0 Å². The van der Waals surface area contributed by atoms with Crippen molar-refractivity contribution in [3.05, 3.63) is 12.4 Å². The molecule has 0 amide bonds. The van der Waals surface area contributed by atoms with Crippen molar-refractivity contribution in [2.24, 2.45) is 0 Å². The van der Waals surface area contributed by atoms with Crippen LogP contribution in [0.2, 0.25) is 0 Å². The average molecular weight is 112 g/mol. The largest absolute Gasteiger partial charge is 0.376 e. The Morgan fingerprint density at radius 1 is 1.43 bits per heavy atom. The van der Waals surface area contributed by atoms with E-state index in [-0.39, 0.29) is 6.08 Å². The van der Waals surface area contributed by atoms with Gasteiger partial charge in [-0.2, -0.15) is 8.78 Å². The van der Waals surface area contributed by atoms with Crippen LogP contribution in [0.1, 0.15) is 0 Å². The predicted octanol–water partition coefficient (Wildman–Crippen LogP) is 1.05. The molecule has 0 bridgehead atoms. The Morgan fingerprint density at radius 2 is 1.86 bits per heavy atom. The summed E-state index contributed by atoms with van der Waals surface area (Å²) >= 11 is 0. The first-order valence-electron chi connectivity index (χ1n) is 1.44. The van der Waals surface area contributed by atoms with Crippen molar-refractivity contribution < 1.29 is 18.3 Å². The molecule has 0 aliphatic heterocycles. The van der Waals surface area contributed by atoms with Crippen molar-refractivity contribution in [2.45, 2.75) is 6.11 Å². The second-order valence-electron chi connectivity index (χ2n) is 0.880. The third-order valence-electron chi connectivity index (χ3n) is 0.264. The zero-order valence-electron chi connectivity index (χ0n) is 3.24. The molecule has 0 spiro atoms. The molecule has 7 heavy (non-hydrogen) atoms. The van der Waals surface area contributed by atoms with Crippen molar-refractivity contribution in [3.8, 4) is 0 Å². The summed E-state index contributed by atoms with van der Waals surface area (Å²) in [6, 6.07) is 0. The number of aliphatic hydroxyl groups is 1. The summed E-state index contributed by atoms with van der Waals surface area (Å²) < 4.78 is 32.6. The molecule has 4 heteroatoms. The first-order valence-corrected chi connectivity index (χ1v) is 1.44. The minimum Gasteiger partial charge on any atom is -0.333 e. The van der Waals surface area contributed by atoms with Crippen molar-refractivity contribution >= 4 is 0 Å². The topological polar surface area (TPSA) is 20.2 Å². The Kier molecular flexibility index (Phi) is 1.83. The minimum absolute atomic E-state index is 0.257. The fraction of sp³-hybridized carbons (Fsp3) is 0.333. The van der Waals surface area contributed by atoms with Gasteiger partial charge in [-0.3, -0.25) is 0 Å². The van der Waals surface area contributed by atoms with Gasteiger partial charge in [-0.15, -0.1) is 0 Å². The van der Waals surface area contributed by atoms with Gasteiger partial charge in [-0.1, -0.05) is 0 Å². The molecule has 0 heterocycles. The molecule has 0 radical (unpaired) electrons. The van der Waals surface area contributed by atoms with Crippen LogP contribution < -0.4 is 0 Å². The van der Waals surface area contributed by atoms with E-state index in [0.717, 1.165) is 0 Å². The molecular formula is C3H3F3O. The van der Waals surface area contributed by atoms with Crippen molar-refractivity contribution in [3.63, 3.8) is 0 Å². The second-order valence-corrected chi connectivity index (χ2v) is 0.880. The summed E-state index contributed by atoms with van der Waals surface area (Å²) in [5.74, 6) is 0. The average Bonchev–Trinajstić information content (AvgIpc) is 1.30. The Hall–Kier alpha value is -0.510. The van der Waals surface area contributed by atoms with E-state index in [1.54, 1.807) is 0 Å². The zero-order valence-corrected chi connectivity index (χ0v) is 3.24. The van der Waals surface area contributed by atoms with Crippen LogP contribution >= 0.6 is 0 Å². The van der Waals surface area contributed by atoms with E-state index in [0.29, 0.717) is 0 Å². The molecule has 0 aromatic carbocycles. The van der Waals surface area contributed by atoms with Crippen molar-refractivity contribution in [1.82, 2.24) is 0 Å². The van der Waals surface area contributed by atoms with E-state index in [9.17, 15) is 13.2 Å². The highest BCUT2D eigenvalue weighted by atomic mass is 19.3. The Labute approximate surface area is 38.1 Å². The van der Waals surface area contributed by atoms with Crippen LogP contribution in [0.3, 0.4) is 0 Å². The van der Waals surface area contributed by atoms with Crippen LogP contribution in [0.25, 0.3) is 0 Å². The number of alkyl halides is 2. The molecule has 0 saturated carbocycles. The lowest BCUT2D eigenvalue weighted by molar-refractivity contribution is -0.155. The van der Waals surface area contributed by atoms with Crippen molar-refractivity contribution in [2.75, 3.05) is 0 Å². The monoisotopic (exact) mass is 112 g/mol. The summed E-state index contributed by atoms with van der Waals surface area (Å²) in [6.07, 6.45) is -4.68. The molecule has 1 nitrogen and oxygen atoms in total. The van der Waals surface area contributed by atoms with E-state index >= 15 is 0 Å². The SMILES string of the molecule is OC(F)(F)C=CF. The van der Waals surface area contributed by atoms with Gasteiger partial charge in [0, 0.05) is 6.08 Å². The van der Waals surface area contributed by atoms with Gasteiger partial charge in [0.05, 0.1) is 6.33 Å². The third kappa shape index (κ3) is 5.49. The molecule has 42 valence electrons. The van der Waals surface area contributed by atoms with Gasteiger partial charge in [0.25, 0.3) is 0 Å². The summed E-state index contributed by atoms with van der Waals surface area (Å²) in [5.41, 5.74) is 0. The van der Waals surface area contributed by atoms with Crippen LogP contribution in [0.5, 0.6) is 0 Å². The number of halogens is 3. The molecule has 0 saturated heterocycles. The van der Waals surface area contributed by atoms with Gasteiger partial charge in [-0.25, -0.2) is 4.39 Å². The molecule has 0 rings (SSSR count). The number of hydrogen-bond acceptors (Lipinski definition) is 1. The molecule has 1 N–H and O–H groups in total. The van der Waals surface area contributed by atoms with Crippen LogP contribution in [0.15, 0.2) is 12.4 Å². The quantitative estimate of drug-likeness (QED) is 0.537. The first-order chi connectivity index (χ1) is 3.06. The van der Waals surface area contributed by atoms with Crippen LogP contribution in [-0.4, -0.2) is 11.2 Å². The first kappa shape index (κ1) is 6.49. The molecular weight excluding hydrogens is 109 g/mol. The summed E-state index contributed by atoms with van der Waals surface area (Å²) in [6.45, 7) is 0. The number of rotatable bonds is 1. The highest BCUT2D eigenvalue weighted by Crippen LogP contribution is 2.08. The maximum atomic E-state index is 11.0. The Balaban J connectivity index is 3.56. The lowest BCUT2D eigenvalue weighted by Gasteiger charge is -1.96. The summed E-state index contributed by atoms with van der Waals surface area (Å²) in [5, 5.41) is 7.36. The smallest absolute Gasteiger partial charge is 0.333 e. The maximum Gasteiger partial charge on any atom is 0.376 e. The molecule has 0 aromatic heterocycles. The predicted molar refractivity (Wildman–Crippen MR) is 17.4 cm³/mol. The molecule has 0 aliphatic carbocycles. The highest BCUT2D eigenvalue weighted by Gasteiger charge is 2.18. The maximum absolute atomic E-state index is 11.0. The van der Waals surface area contributed by atoms with Crippen LogP contribution in [0, 0.1) is 0 Å². The lowest BCUT2D eigenvalue weighted by Crippen LogP contribution is -2.08. The molecule has 0 fully saturated rings. The fourth-order valence-electron chi connectivity index (χ4n) is 0.0758. The standard InChI is InChI=1S/C3H3F3O/c4-2-1-3(5,6)7/h1-2,7H. The van der Waals surface area contributed by atoms with Crippen LogP contribution in [0.4, 0.5) is 13.2 Å². The number of hydrogen-bond donors (Lipinski definition) is 1. The second kappa shape index (κ2) is 1.97. The van der Waals surface area contributed by atoms with Gasteiger partial charge in [-0.05, 0) is 0 Å². The zero-order chi connectivity index (χ0) is 5.91. The third-order valence-corrected chi connectivity index (χ3v) is 0.264. The van der Waals surface area contributed by atoms with E-state index in [1.807, 2.05) is 0 Å². The van der Waals surface area contributed by atoms with Crippen LogP contribution in [-0.2, 0) is 0 Å². The minimum atomic E-state index is -4.01. The van der Waals surface area contributed by atoms with E-state index < -0.39 is 12.4 Å². The fourth-order valence-corrected chi connectivity index (χ4v) is 0.0758. The van der Waals surface area contributed by atoms with E-state index in [4.69, 9.17) is 5.11 Å². The van der Waals surface area contributed by atoms with Gasteiger partial charge >= 0.3 is 6.11 Å². The van der Waals surface area contributed by atoms with Crippen molar-refractivity contribution in [1.29, 1.82) is 0 Å². The molecule has 0 unspecified atom stereocenters. The Morgan fingerprint density at radius 3 is 1.86 bits per heavy atom. The summed E-state index contributed by atoms with van der Waals surface area (Å²) in [4.78, 5) is 0. The van der Waals surface area contributed by atoms with Gasteiger partial charge in [0.1, 0.15) is 0 Å². The summed E-state index contributed by atoms with van der Waals surface area (Å²) in [7, 11) is 0. The van der Waals surface area contributed by atoms with Gasteiger partial charge < -0.3 is 5.11 Å². The van der Waals surface area contributed by atoms with E-state index in [1.165, 1.54) is 0 Å². The molecule has 0 atom stereocenters.